The van der Waals surface area contributed by atoms with Gasteiger partial charge >= 0.3 is 0 Å². The second-order valence-electron chi connectivity index (χ2n) is 8.71. The van der Waals surface area contributed by atoms with E-state index in [0.29, 0.717) is 12.3 Å². The highest BCUT2D eigenvalue weighted by Gasteiger charge is 2.18. The summed E-state index contributed by atoms with van der Waals surface area (Å²) in [7, 11) is 0. The fraction of sp³-hybridized carbons (Fsp3) is 0.880. The quantitative estimate of drug-likeness (QED) is 0.236. The molecule has 1 rings (SSSR count). The van der Waals surface area contributed by atoms with E-state index in [-0.39, 0.29) is 6.61 Å². The summed E-state index contributed by atoms with van der Waals surface area (Å²) >= 11 is 0. The van der Waals surface area contributed by atoms with Crippen molar-refractivity contribution >= 4 is 5.78 Å². The first kappa shape index (κ1) is 26.3. The van der Waals surface area contributed by atoms with E-state index in [1.807, 2.05) is 0 Å². The maximum absolute atomic E-state index is 12.2. The number of nitrogens with zero attached hydrogens (tertiary/aromatic N) is 2. The van der Waals surface area contributed by atoms with E-state index in [9.17, 15) is 4.79 Å². The fourth-order valence-corrected chi connectivity index (χ4v) is 4.01. The lowest BCUT2D eigenvalue weighted by molar-refractivity contribution is -0.120. The average molecular weight is 409 g/mol. The molecule has 0 spiro atoms. The number of hydrogen-bond donors (Lipinski definition) is 1. The van der Waals surface area contributed by atoms with E-state index in [0.717, 1.165) is 52.0 Å². The third-order valence-corrected chi connectivity index (χ3v) is 5.96. The van der Waals surface area contributed by atoms with Gasteiger partial charge in [-0.1, -0.05) is 64.0 Å². The van der Waals surface area contributed by atoms with Crippen molar-refractivity contribution in [3.8, 4) is 0 Å². The van der Waals surface area contributed by atoms with E-state index in [1.54, 1.807) is 0 Å². The third-order valence-electron chi connectivity index (χ3n) is 5.96. The summed E-state index contributed by atoms with van der Waals surface area (Å²) in [5.74, 6) is 0.410. The Hall–Kier alpha value is -0.710. The smallest absolute Gasteiger partial charge is 0.146 e. The molecule has 0 aliphatic carbocycles. The van der Waals surface area contributed by atoms with Crippen LogP contribution >= 0.6 is 0 Å². The Morgan fingerprint density at radius 3 is 1.93 bits per heavy atom. The number of carbonyl (C=O) groups excluding carboxylic acids is 1. The van der Waals surface area contributed by atoms with Crippen LogP contribution in [0.4, 0.5) is 0 Å². The molecule has 0 aromatic carbocycles. The number of allylic oxidation sites excluding steroid dienone is 2. The zero-order valence-corrected chi connectivity index (χ0v) is 19.3. The topological polar surface area (TPSA) is 43.8 Å². The number of hydrogen-bond acceptors (Lipinski definition) is 4. The van der Waals surface area contributed by atoms with Gasteiger partial charge in [0, 0.05) is 45.8 Å². The molecule has 170 valence electrons. The van der Waals surface area contributed by atoms with Gasteiger partial charge in [0.2, 0.25) is 0 Å². The maximum Gasteiger partial charge on any atom is 0.146 e. The highest BCUT2D eigenvalue weighted by atomic mass is 16.3. The molecule has 1 N–H and O–H groups in total. The zero-order valence-electron chi connectivity index (χ0n) is 19.3. The molecule has 4 nitrogen and oxygen atoms in total. The molecule has 1 saturated heterocycles. The van der Waals surface area contributed by atoms with E-state index in [1.165, 1.54) is 70.6 Å². The first-order valence-corrected chi connectivity index (χ1v) is 12.5. The van der Waals surface area contributed by atoms with Gasteiger partial charge in [-0.15, -0.1) is 0 Å². The molecule has 29 heavy (non-hydrogen) atoms. The van der Waals surface area contributed by atoms with E-state index in [2.05, 4.69) is 28.9 Å². The average Bonchev–Trinajstić information content (AvgIpc) is 2.73. The van der Waals surface area contributed by atoms with Gasteiger partial charge in [-0.2, -0.15) is 0 Å². The third kappa shape index (κ3) is 15.7. The summed E-state index contributed by atoms with van der Waals surface area (Å²) in [5.41, 5.74) is 0. The highest BCUT2D eigenvalue weighted by Crippen LogP contribution is 2.10. The molecule has 1 aliphatic heterocycles. The lowest BCUT2D eigenvalue weighted by atomic mass is 10.1. The fourth-order valence-electron chi connectivity index (χ4n) is 4.01. The lowest BCUT2D eigenvalue weighted by Crippen LogP contribution is -2.48. The second kappa shape index (κ2) is 19.3. The van der Waals surface area contributed by atoms with Crippen molar-refractivity contribution in [2.75, 3.05) is 45.9 Å². The van der Waals surface area contributed by atoms with Crippen LogP contribution in [0, 0.1) is 0 Å². The molecule has 4 heteroatoms. The molecule has 1 aliphatic rings. The molecule has 0 aromatic rings. The second-order valence-corrected chi connectivity index (χ2v) is 8.71. The predicted octanol–water partition coefficient (Wildman–Crippen LogP) is 5.20. The number of aliphatic hydroxyl groups is 1. The number of carbonyl (C=O) groups is 1. The van der Waals surface area contributed by atoms with Crippen molar-refractivity contribution in [1.82, 2.24) is 9.80 Å². The van der Waals surface area contributed by atoms with Crippen LogP contribution in [0.15, 0.2) is 12.2 Å². The Kier molecular flexibility index (Phi) is 17.5. The Morgan fingerprint density at radius 2 is 1.31 bits per heavy atom. The van der Waals surface area contributed by atoms with Gasteiger partial charge in [0.05, 0.1) is 6.54 Å². The van der Waals surface area contributed by atoms with Crippen molar-refractivity contribution in [3.05, 3.63) is 12.2 Å². The largest absolute Gasteiger partial charge is 0.396 e. The van der Waals surface area contributed by atoms with Crippen molar-refractivity contribution in [2.45, 2.75) is 96.8 Å². The number of unbranched alkanes of at least 4 members (excludes halogenated alkanes) is 10. The van der Waals surface area contributed by atoms with Crippen molar-refractivity contribution in [2.24, 2.45) is 0 Å². The number of Topliss-reactive ketones (excluding diaryl/α,β-unsaturated/α-hetero) is 1. The molecule has 0 amide bonds. The molecule has 0 unspecified atom stereocenters. The van der Waals surface area contributed by atoms with Gasteiger partial charge < -0.3 is 10.0 Å². The van der Waals surface area contributed by atoms with Crippen molar-refractivity contribution < 1.29 is 9.90 Å². The molecular weight excluding hydrogens is 360 g/mol. The molecule has 0 atom stereocenters. The first-order valence-electron chi connectivity index (χ1n) is 12.5. The number of rotatable bonds is 19. The standard InChI is InChI=1S/C25H48N2O2/c1-2-3-4-5-6-7-8-9-10-11-12-13-14-15-17-25(29)24-27-21-19-26(20-22-27)18-16-23-28/h9-10,28H,2-8,11-24H2,1H3. The van der Waals surface area contributed by atoms with Crippen LogP contribution in [-0.4, -0.2) is 66.6 Å². The molecule has 0 saturated carbocycles. The number of ketones is 1. The summed E-state index contributed by atoms with van der Waals surface area (Å²) in [5, 5.41) is 8.91. The summed E-state index contributed by atoms with van der Waals surface area (Å²) in [4.78, 5) is 16.9. The van der Waals surface area contributed by atoms with Gasteiger partial charge in [-0.25, -0.2) is 0 Å². The minimum absolute atomic E-state index is 0.272. The summed E-state index contributed by atoms with van der Waals surface area (Å²) in [6.07, 6.45) is 21.8. The minimum atomic E-state index is 0.272. The van der Waals surface area contributed by atoms with Crippen LogP contribution in [0.2, 0.25) is 0 Å². The molecule has 1 fully saturated rings. The van der Waals surface area contributed by atoms with Gasteiger partial charge in [0.15, 0.2) is 0 Å². The van der Waals surface area contributed by atoms with Crippen LogP contribution in [0.25, 0.3) is 0 Å². The summed E-state index contributed by atoms with van der Waals surface area (Å²) < 4.78 is 0. The maximum atomic E-state index is 12.2. The monoisotopic (exact) mass is 408 g/mol. The normalized spacial score (nSPS) is 16.1. The molecule has 0 aromatic heterocycles. The minimum Gasteiger partial charge on any atom is -0.396 e. The summed E-state index contributed by atoms with van der Waals surface area (Å²) in [6, 6.07) is 0. The Labute approximate surface area is 180 Å². The number of piperazine rings is 1. The van der Waals surface area contributed by atoms with E-state index < -0.39 is 0 Å². The van der Waals surface area contributed by atoms with Gasteiger partial charge in [0.1, 0.15) is 5.78 Å². The summed E-state index contributed by atoms with van der Waals surface area (Å²) in [6.45, 7) is 8.19. The molecular formula is C25H48N2O2. The van der Waals surface area contributed by atoms with E-state index in [4.69, 9.17) is 5.11 Å². The van der Waals surface area contributed by atoms with Crippen LogP contribution in [0.1, 0.15) is 96.8 Å². The van der Waals surface area contributed by atoms with Crippen molar-refractivity contribution in [3.63, 3.8) is 0 Å². The molecule has 0 bridgehead atoms. The SMILES string of the molecule is CCCCCCCCC=CCCCCCCC(=O)CN1CCN(CCCO)CC1. The lowest BCUT2D eigenvalue weighted by Gasteiger charge is -2.34. The van der Waals surface area contributed by atoms with Gasteiger partial charge in [-0.05, 0) is 38.5 Å². The zero-order chi connectivity index (χ0) is 21.0. The van der Waals surface area contributed by atoms with Gasteiger partial charge in [0.25, 0.3) is 0 Å². The van der Waals surface area contributed by atoms with Gasteiger partial charge in [-0.3, -0.25) is 9.69 Å². The van der Waals surface area contributed by atoms with E-state index >= 15 is 0 Å². The van der Waals surface area contributed by atoms with Crippen molar-refractivity contribution in [1.29, 1.82) is 0 Å². The molecule has 0 radical (unpaired) electrons. The first-order chi connectivity index (χ1) is 14.3. The predicted molar refractivity (Wildman–Crippen MR) is 124 cm³/mol. The Balaban J connectivity index is 1.86. The molecule has 1 heterocycles. The Bertz CT molecular complexity index is 404. The van der Waals surface area contributed by atoms with Crippen LogP contribution in [0.3, 0.4) is 0 Å². The van der Waals surface area contributed by atoms with Crippen LogP contribution < -0.4 is 0 Å². The number of aliphatic hydroxyl groups excluding tert-OH is 1. The Morgan fingerprint density at radius 1 is 0.759 bits per heavy atom. The van der Waals surface area contributed by atoms with Crippen LogP contribution in [-0.2, 0) is 4.79 Å². The van der Waals surface area contributed by atoms with Crippen LogP contribution in [0.5, 0.6) is 0 Å². The highest BCUT2D eigenvalue weighted by molar-refractivity contribution is 5.80.